The zero-order chi connectivity index (χ0) is 20.0. The Morgan fingerprint density at radius 3 is 2.55 bits per heavy atom. The molecule has 3 aromatic rings. The number of carbonyl (C=O) groups excluding carboxylic acids is 1. The molecule has 1 N–H and O–H groups in total. The number of nitrogens with one attached hydrogen (secondary N) is 1. The van der Waals surface area contributed by atoms with E-state index in [4.69, 9.17) is 4.98 Å². The number of carbonyl (C=O) groups is 1. The van der Waals surface area contributed by atoms with Crippen LogP contribution in [0.1, 0.15) is 37.8 Å². The summed E-state index contributed by atoms with van der Waals surface area (Å²) in [6.45, 7) is 3.49. The predicted octanol–water partition coefficient (Wildman–Crippen LogP) is 4.48. The van der Waals surface area contributed by atoms with Gasteiger partial charge in [-0.05, 0) is 56.0 Å². The van der Waals surface area contributed by atoms with Gasteiger partial charge in [0.05, 0.1) is 22.6 Å². The molecule has 1 saturated heterocycles. The van der Waals surface area contributed by atoms with Crippen LogP contribution in [0.15, 0.2) is 59.8 Å². The topological polar surface area (TPSA) is 50.2 Å². The van der Waals surface area contributed by atoms with E-state index in [0.29, 0.717) is 11.5 Å². The van der Waals surface area contributed by atoms with E-state index in [-0.39, 0.29) is 17.8 Å². The SMILES string of the molecule is CC1=C(C(=O)N2CCCCC2)[C@H](c2ccc(F)cc2)n2c(nc3ccccc32)N1. The zero-order valence-corrected chi connectivity index (χ0v) is 16.4. The Balaban J connectivity index is 1.69. The number of anilines is 1. The van der Waals surface area contributed by atoms with Crippen molar-refractivity contribution in [2.45, 2.75) is 32.2 Å². The van der Waals surface area contributed by atoms with Gasteiger partial charge in [0, 0.05) is 18.8 Å². The fourth-order valence-electron chi connectivity index (χ4n) is 4.47. The second-order valence-electron chi connectivity index (χ2n) is 7.76. The standard InChI is InChI=1S/C23H23FN4O/c1-15-20(22(29)27-13-5-2-6-14-27)21(16-9-11-17(24)12-10-16)28-19-8-4-3-7-18(19)26-23(28)25-15/h3-4,7-12,21H,2,5-6,13-14H2,1H3,(H,25,26)/t21-/m0/s1. The third kappa shape index (κ3) is 2.99. The Morgan fingerprint density at radius 1 is 1.07 bits per heavy atom. The van der Waals surface area contributed by atoms with Gasteiger partial charge < -0.3 is 10.2 Å². The highest BCUT2D eigenvalue weighted by Crippen LogP contribution is 2.40. The highest BCUT2D eigenvalue weighted by Gasteiger charge is 2.36. The summed E-state index contributed by atoms with van der Waals surface area (Å²) in [5, 5.41) is 3.34. The van der Waals surface area contributed by atoms with Crippen molar-refractivity contribution < 1.29 is 9.18 Å². The molecule has 1 atom stereocenters. The Labute approximate surface area is 168 Å². The van der Waals surface area contributed by atoms with E-state index in [1.807, 2.05) is 36.1 Å². The fourth-order valence-corrected chi connectivity index (χ4v) is 4.47. The molecule has 0 unspecified atom stereocenters. The summed E-state index contributed by atoms with van der Waals surface area (Å²) in [7, 11) is 0. The van der Waals surface area contributed by atoms with Gasteiger partial charge in [-0.15, -0.1) is 0 Å². The van der Waals surface area contributed by atoms with Gasteiger partial charge in [-0.25, -0.2) is 9.37 Å². The van der Waals surface area contributed by atoms with Crippen LogP contribution < -0.4 is 5.32 Å². The van der Waals surface area contributed by atoms with Crippen molar-refractivity contribution in [2.75, 3.05) is 18.4 Å². The van der Waals surface area contributed by atoms with Crippen LogP contribution in [0.3, 0.4) is 0 Å². The number of hydrogen-bond acceptors (Lipinski definition) is 3. The van der Waals surface area contributed by atoms with Crippen molar-refractivity contribution in [3.8, 4) is 0 Å². The second kappa shape index (κ2) is 7.03. The van der Waals surface area contributed by atoms with Crippen LogP contribution in [0.4, 0.5) is 10.3 Å². The average molecular weight is 390 g/mol. The number of fused-ring (bicyclic) bond motifs is 3. The Bertz CT molecular complexity index is 1110. The molecule has 1 fully saturated rings. The number of para-hydroxylation sites is 2. The molecule has 29 heavy (non-hydrogen) atoms. The van der Waals surface area contributed by atoms with Gasteiger partial charge in [0.2, 0.25) is 5.95 Å². The van der Waals surface area contributed by atoms with Crippen LogP contribution in [0.2, 0.25) is 0 Å². The molecule has 2 aliphatic heterocycles. The number of amides is 1. The Hall–Kier alpha value is -3.15. The van der Waals surface area contributed by atoms with Crippen molar-refractivity contribution in [1.29, 1.82) is 0 Å². The molecule has 5 nitrogen and oxygen atoms in total. The van der Waals surface area contributed by atoms with E-state index in [9.17, 15) is 9.18 Å². The maximum absolute atomic E-state index is 13.6. The third-order valence-corrected chi connectivity index (χ3v) is 5.89. The lowest BCUT2D eigenvalue weighted by molar-refractivity contribution is -0.128. The summed E-state index contributed by atoms with van der Waals surface area (Å²) >= 11 is 0. The largest absolute Gasteiger partial charge is 0.339 e. The number of allylic oxidation sites excluding steroid dienone is 1. The van der Waals surface area contributed by atoms with Crippen molar-refractivity contribution in [3.05, 3.63) is 71.2 Å². The van der Waals surface area contributed by atoms with Gasteiger partial charge in [-0.1, -0.05) is 24.3 Å². The first-order valence-electron chi connectivity index (χ1n) is 10.1. The van der Waals surface area contributed by atoms with E-state index in [0.717, 1.165) is 54.6 Å². The first kappa shape index (κ1) is 17.9. The number of halogens is 1. The number of nitrogens with zero attached hydrogens (tertiary/aromatic N) is 3. The molecule has 0 saturated carbocycles. The Kier molecular flexibility index (Phi) is 4.34. The molecule has 0 radical (unpaired) electrons. The van der Waals surface area contributed by atoms with Crippen molar-refractivity contribution in [2.24, 2.45) is 0 Å². The maximum Gasteiger partial charge on any atom is 0.254 e. The highest BCUT2D eigenvalue weighted by molar-refractivity contribution is 5.98. The van der Waals surface area contributed by atoms with Crippen LogP contribution in [0.5, 0.6) is 0 Å². The van der Waals surface area contributed by atoms with Crippen LogP contribution in [-0.2, 0) is 4.79 Å². The molecule has 0 aliphatic carbocycles. The molecule has 148 valence electrons. The van der Waals surface area contributed by atoms with Crippen LogP contribution >= 0.6 is 0 Å². The third-order valence-electron chi connectivity index (χ3n) is 5.89. The first-order chi connectivity index (χ1) is 14.1. The lowest BCUT2D eigenvalue weighted by Crippen LogP contribution is -2.40. The molecule has 1 amide bonds. The van der Waals surface area contributed by atoms with E-state index < -0.39 is 0 Å². The van der Waals surface area contributed by atoms with Gasteiger partial charge in [0.1, 0.15) is 5.82 Å². The molecule has 6 heteroatoms. The number of rotatable bonds is 2. The molecule has 3 heterocycles. The number of aromatic nitrogens is 2. The summed E-state index contributed by atoms with van der Waals surface area (Å²) in [5.41, 5.74) is 4.19. The number of piperidine rings is 1. The summed E-state index contributed by atoms with van der Waals surface area (Å²) < 4.78 is 15.7. The fraction of sp³-hybridized carbons (Fsp3) is 0.304. The van der Waals surface area contributed by atoms with Gasteiger partial charge in [0.25, 0.3) is 5.91 Å². The average Bonchev–Trinajstić information content (AvgIpc) is 3.11. The van der Waals surface area contributed by atoms with Crippen molar-refractivity contribution >= 4 is 22.9 Å². The summed E-state index contributed by atoms with van der Waals surface area (Å²) in [5.74, 6) is 0.462. The van der Waals surface area contributed by atoms with Crippen molar-refractivity contribution in [3.63, 3.8) is 0 Å². The molecule has 1 aromatic heterocycles. The summed E-state index contributed by atoms with van der Waals surface area (Å²) in [6, 6.07) is 14.0. The van der Waals surface area contributed by atoms with Gasteiger partial charge in [-0.2, -0.15) is 0 Å². The summed E-state index contributed by atoms with van der Waals surface area (Å²) in [6.07, 6.45) is 3.23. The van der Waals surface area contributed by atoms with Crippen LogP contribution in [0.25, 0.3) is 11.0 Å². The second-order valence-corrected chi connectivity index (χ2v) is 7.76. The minimum atomic E-state index is -0.353. The Morgan fingerprint density at radius 2 is 1.79 bits per heavy atom. The van der Waals surface area contributed by atoms with Crippen LogP contribution in [-0.4, -0.2) is 33.4 Å². The molecule has 0 bridgehead atoms. The van der Waals surface area contributed by atoms with Gasteiger partial charge >= 0.3 is 0 Å². The lowest BCUT2D eigenvalue weighted by Gasteiger charge is -2.35. The lowest BCUT2D eigenvalue weighted by atomic mass is 9.93. The monoisotopic (exact) mass is 390 g/mol. The molecular weight excluding hydrogens is 367 g/mol. The molecule has 5 rings (SSSR count). The summed E-state index contributed by atoms with van der Waals surface area (Å²) in [4.78, 5) is 20.3. The number of likely N-dealkylation sites (tertiary alicyclic amines) is 1. The van der Waals surface area contributed by atoms with Crippen molar-refractivity contribution in [1.82, 2.24) is 14.5 Å². The minimum absolute atomic E-state index is 0.0486. The molecule has 0 spiro atoms. The van der Waals surface area contributed by atoms with E-state index >= 15 is 0 Å². The minimum Gasteiger partial charge on any atom is -0.339 e. The van der Waals surface area contributed by atoms with Gasteiger partial charge in [0.15, 0.2) is 0 Å². The zero-order valence-electron chi connectivity index (χ0n) is 16.4. The highest BCUT2D eigenvalue weighted by atomic mass is 19.1. The van der Waals surface area contributed by atoms with E-state index in [1.165, 1.54) is 12.1 Å². The number of benzene rings is 2. The van der Waals surface area contributed by atoms with E-state index in [1.54, 1.807) is 12.1 Å². The smallest absolute Gasteiger partial charge is 0.254 e. The normalized spacial score (nSPS) is 19.2. The quantitative estimate of drug-likeness (QED) is 0.702. The molecule has 2 aliphatic rings. The number of hydrogen-bond donors (Lipinski definition) is 1. The maximum atomic E-state index is 13.6. The predicted molar refractivity (Wildman–Crippen MR) is 111 cm³/mol. The first-order valence-corrected chi connectivity index (χ1v) is 10.1. The molecular formula is C23H23FN4O. The molecule has 2 aromatic carbocycles. The van der Waals surface area contributed by atoms with Crippen LogP contribution in [0, 0.1) is 5.82 Å². The number of imidazole rings is 1. The van der Waals surface area contributed by atoms with Gasteiger partial charge in [-0.3, -0.25) is 9.36 Å². The van der Waals surface area contributed by atoms with E-state index in [2.05, 4.69) is 9.88 Å².